The molecule has 3 N–H and O–H groups in total. The minimum atomic E-state index is -3.67. The van der Waals surface area contributed by atoms with Gasteiger partial charge in [0.05, 0.1) is 4.90 Å². The molecule has 0 aromatic heterocycles. The molecule has 112 valence electrons. The van der Waals surface area contributed by atoms with Gasteiger partial charge >= 0.3 is 0 Å². The molecular formula is C14H15BrN2O2S2. The van der Waals surface area contributed by atoms with Gasteiger partial charge in [-0.2, -0.15) is 0 Å². The summed E-state index contributed by atoms with van der Waals surface area (Å²) < 4.78 is 28.3. The maximum absolute atomic E-state index is 12.5. The van der Waals surface area contributed by atoms with Crippen molar-refractivity contribution in [2.75, 3.05) is 16.7 Å². The van der Waals surface area contributed by atoms with Gasteiger partial charge in [0.15, 0.2) is 0 Å². The molecule has 0 radical (unpaired) electrons. The molecule has 0 aliphatic rings. The smallest absolute Gasteiger partial charge is 0.262 e. The molecule has 21 heavy (non-hydrogen) atoms. The van der Waals surface area contributed by atoms with Gasteiger partial charge in [0.1, 0.15) is 0 Å². The fourth-order valence-electron chi connectivity index (χ4n) is 1.85. The molecule has 4 nitrogen and oxygen atoms in total. The number of nitrogen functional groups attached to an aromatic ring is 1. The van der Waals surface area contributed by atoms with Gasteiger partial charge in [0, 0.05) is 20.7 Å². The number of hydrogen-bond donors (Lipinski definition) is 2. The van der Waals surface area contributed by atoms with Crippen molar-refractivity contribution in [1.29, 1.82) is 0 Å². The summed E-state index contributed by atoms with van der Waals surface area (Å²) in [5.74, 6) is 0. The number of benzene rings is 2. The first-order valence-electron chi connectivity index (χ1n) is 6.06. The highest BCUT2D eigenvalue weighted by molar-refractivity contribution is 9.10. The van der Waals surface area contributed by atoms with Crippen LogP contribution in [0.25, 0.3) is 0 Å². The first-order valence-corrected chi connectivity index (χ1v) is 9.56. The van der Waals surface area contributed by atoms with Gasteiger partial charge in [-0.1, -0.05) is 6.07 Å². The summed E-state index contributed by atoms with van der Waals surface area (Å²) in [6.07, 6.45) is 1.94. The maximum Gasteiger partial charge on any atom is 0.262 e. The Kier molecular flexibility index (Phi) is 4.85. The van der Waals surface area contributed by atoms with E-state index in [1.165, 1.54) is 6.07 Å². The Morgan fingerprint density at radius 2 is 1.95 bits per heavy atom. The van der Waals surface area contributed by atoms with Crippen molar-refractivity contribution in [1.82, 2.24) is 0 Å². The van der Waals surface area contributed by atoms with Crippen LogP contribution in [0.1, 0.15) is 5.56 Å². The molecule has 7 heteroatoms. The second kappa shape index (κ2) is 6.29. The Hall–Kier alpha value is -1.18. The summed E-state index contributed by atoms with van der Waals surface area (Å²) >= 11 is 4.84. The van der Waals surface area contributed by atoms with Gasteiger partial charge in [0.2, 0.25) is 0 Å². The quantitative estimate of drug-likeness (QED) is 0.617. The number of anilines is 2. The minimum absolute atomic E-state index is 0.178. The van der Waals surface area contributed by atoms with Gasteiger partial charge in [-0.05, 0) is 65.0 Å². The summed E-state index contributed by atoms with van der Waals surface area (Å²) in [5, 5.41) is 0. The average Bonchev–Trinajstić information content (AvgIpc) is 2.42. The molecule has 2 aromatic rings. The largest absolute Gasteiger partial charge is 0.398 e. The van der Waals surface area contributed by atoms with Crippen LogP contribution >= 0.6 is 27.7 Å². The number of halogens is 1. The monoisotopic (exact) mass is 386 g/mol. The summed E-state index contributed by atoms with van der Waals surface area (Å²) in [7, 11) is -3.67. The number of nitrogens with two attached hydrogens (primary N) is 1. The zero-order valence-corrected chi connectivity index (χ0v) is 14.8. The molecule has 2 rings (SSSR count). The van der Waals surface area contributed by atoms with Crippen LogP contribution in [-0.2, 0) is 10.0 Å². The zero-order chi connectivity index (χ0) is 15.6. The number of sulfonamides is 1. The number of thioether (sulfide) groups is 1. The molecule has 0 saturated carbocycles. The lowest BCUT2D eigenvalue weighted by atomic mass is 10.2. The van der Waals surface area contributed by atoms with Crippen molar-refractivity contribution in [3.8, 4) is 0 Å². The molecule has 0 spiro atoms. The van der Waals surface area contributed by atoms with E-state index in [4.69, 9.17) is 5.73 Å². The first-order chi connectivity index (χ1) is 9.83. The van der Waals surface area contributed by atoms with Crippen LogP contribution < -0.4 is 10.5 Å². The molecule has 2 aromatic carbocycles. The van der Waals surface area contributed by atoms with Crippen molar-refractivity contribution in [2.24, 2.45) is 0 Å². The van der Waals surface area contributed by atoms with Crippen LogP contribution in [0, 0.1) is 6.92 Å². The fourth-order valence-corrected chi connectivity index (χ4v) is 4.08. The molecular weight excluding hydrogens is 372 g/mol. The van der Waals surface area contributed by atoms with Crippen LogP contribution in [-0.4, -0.2) is 14.7 Å². The first kappa shape index (κ1) is 16.2. The lowest BCUT2D eigenvalue weighted by Gasteiger charge is -2.12. The van der Waals surface area contributed by atoms with Crippen molar-refractivity contribution in [3.63, 3.8) is 0 Å². The SMILES string of the molecule is CSc1cccc(NS(=O)(=O)c2cc(N)c(Br)cc2C)c1. The Morgan fingerprint density at radius 3 is 2.62 bits per heavy atom. The van der Waals surface area contributed by atoms with Crippen molar-refractivity contribution < 1.29 is 8.42 Å². The van der Waals surface area contributed by atoms with E-state index in [0.717, 1.165) is 4.90 Å². The highest BCUT2D eigenvalue weighted by atomic mass is 79.9. The zero-order valence-electron chi connectivity index (χ0n) is 11.6. The minimum Gasteiger partial charge on any atom is -0.398 e. The van der Waals surface area contributed by atoms with Crippen molar-refractivity contribution in [3.05, 3.63) is 46.4 Å². The predicted octanol–water partition coefficient (Wildman–Crippen LogP) is 3.86. The average molecular weight is 387 g/mol. The van der Waals surface area contributed by atoms with E-state index in [-0.39, 0.29) is 4.90 Å². The van der Waals surface area contributed by atoms with E-state index >= 15 is 0 Å². The highest BCUT2D eigenvalue weighted by Crippen LogP contribution is 2.28. The van der Waals surface area contributed by atoms with Crippen molar-refractivity contribution in [2.45, 2.75) is 16.7 Å². The second-order valence-electron chi connectivity index (χ2n) is 4.48. The van der Waals surface area contributed by atoms with Gasteiger partial charge in [-0.3, -0.25) is 4.72 Å². The number of rotatable bonds is 4. The van der Waals surface area contributed by atoms with Crippen LogP contribution in [0.5, 0.6) is 0 Å². The molecule has 0 saturated heterocycles. The van der Waals surface area contributed by atoms with Gasteiger partial charge in [-0.15, -0.1) is 11.8 Å². The van der Waals surface area contributed by atoms with Crippen molar-refractivity contribution >= 4 is 49.1 Å². The van der Waals surface area contributed by atoms with E-state index in [1.807, 2.05) is 18.4 Å². The summed E-state index contributed by atoms with van der Waals surface area (Å²) in [4.78, 5) is 1.17. The molecule has 0 atom stereocenters. The Labute approximate surface area is 137 Å². The molecule has 0 bridgehead atoms. The molecule has 0 fully saturated rings. The normalized spacial score (nSPS) is 11.4. The molecule has 0 aliphatic heterocycles. The van der Waals surface area contributed by atoms with Crippen LogP contribution in [0.15, 0.2) is 50.7 Å². The van der Waals surface area contributed by atoms with Crippen LogP contribution in [0.2, 0.25) is 0 Å². The predicted molar refractivity (Wildman–Crippen MR) is 92.3 cm³/mol. The Bertz CT molecular complexity index is 777. The summed E-state index contributed by atoms with van der Waals surface area (Å²) in [5.41, 5.74) is 7.33. The Balaban J connectivity index is 2.40. The van der Waals surface area contributed by atoms with Gasteiger partial charge < -0.3 is 5.73 Å². The third kappa shape index (κ3) is 3.72. The maximum atomic E-state index is 12.5. The number of aryl methyl sites for hydroxylation is 1. The third-order valence-corrected chi connectivity index (χ3v) is 5.84. The standard InChI is InChI=1S/C14H15BrN2O2S2/c1-9-6-12(15)13(16)8-14(9)21(18,19)17-10-4-3-5-11(7-10)20-2/h3-8,17H,16H2,1-2H3. The lowest BCUT2D eigenvalue weighted by Crippen LogP contribution is -2.14. The summed E-state index contributed by atoms with van der Waals surface area (Å²) in [6, 6.07) is 10.4. The van der Waals surface area contributed by atoms with Gasteiger partial charge in [0.25, 0.3) is 10.0 Å². The molecule has 0 amide bonds. The van der Waals surface area contributed by atoms with E-state index in [9.17, 15) is 8.42 Å². The topological polar surface area (TPSA) is 72.2 Å². The highest BCUT2D eigenvalue weighted by Gasteiger charge is 2.18. The second-order valence-corrected chi connectivity index (χ2v) is 7.86. The van der Waals surface area contributed by atoms with E-state index in [2.05, 4.69) is 20.7 Å². The molecule has 0 unspecified atom stereocenters. The fraction of sp³-hybridized carbons (Fsp3) is 0.143. The van der Waals surface area contributed by atoms with E-state index < -0.39 is 10.0 Å². The number of nitrogens with one attached hydrogen (secondary N) is 1. The lowest BCUT2D eigenvalue weighted by molar-refractivity contribution is 0.600. The van der Waals surface area contributed by atoms with Crippen LogP contribution in [0.4, 0.5) is 11.4 Å². The Morgan fingerprint density at radius 1 is 1.24 bits per heavy atom. The number of hydrogen-bond acceptors (Lipinski definition) is 4. The van der Waals surface area contributed by atoms with E-state index in [1.54, 1.807) is 36.9 Å². The van der Waals surface area contributed by atoms with Crippen LogP contribution in [0.3, 0.4) is 0 Å². The molecule has 0 aliphatic carbocycles. The molecule has 0 heterocycles. The third-order valence-electron chi connectivity index (χ3n) is 2.91. The van der Waals surface area contributed by atoms with Gasteiger partial charge in [-0.25, -0.2) is 8.42 Å². The summed E-state index contributed by atoms with van der Waals surface area (Å²) in [6.45, 7) is 1.73. The van der Waals surface area contributed by atoms with E-state index in [0.29, 0.717) is 21.4 Å².